The van der Waals surface area contributed by atoms with E-state index in [0.717, 1.165) is 31.5 Å². The molecule has 2 aliphatic heterocycles. The summed E-state index contributed by atoms with van der Waals surface area (Å²) in [6.07, 6.45) is 3.41. The lowest BCUT2D eigenvalue weighted by Gasteiger charge is -2.40. The van der Waals surface area contributed by atoms with Crippen LogP contribution >= 0.6 is 11.6 Å². The SMILES string of the molecule is COCC1(CNC(=O)C2(c3ccc(Cl)cc3)CCOCC2)CCNCC1. The summed E-state index contributed by atoms with van der Waals surface area (Å²) >= 11 is 6.05. The minimum atomic E-state index is -0.538. The Labute approximate surface area is 160 Å². The quantitative estimate of drug-likeness (QED) is 0.796. The van der Waals surface area contributed by atoms with Crippen molar-refractivity contribution in [3.63, 3.8) is 0 Å². The van der Waals surface area contributed by atoms with Crippen molar-refractivity contribution in [3.8, 4) is 0 Å². The van der Waals surface area contributed by atoms with Crippen LogP contribution in [0.2, 0.25) is 5.02 Å². The number of hydrogen-bond acceptors (Lipinski definition) is 4. The smallest absolute Gasteiger partial charge is 0.230 e. The second-order valence-electron chi connectivity index (χ2n) is 7.57. The summed E-state index contributed by atoms with van der Waals surface area (Å²) in [5, 5.41) is 7.34. The fourth-order valence-electron chi connectivity index (χ4n) is 4.21. The van der Waals surface area contributed by atoms with Gasteiger partial charge in [0.1, 0.15) is 0 Å². The van der Waals surface area contributed by atoms with E-state index in [0.29, 0.717) is 44.2 Å². The van der Waals surface area contributed by atoms with Gasteiger partial charge in [-0.3, -0.25) is 4.79 Å². The van der Waals surface area contributed by atoms with Gasteiger partial charge in [-0.1, -0.05) is 23.7 Å². The van der Waals surface area contributed by atoms with E-state index in [1.165, 1.54) is 0 Å². The molecule has 0 saturated carbocycles. The van der Waals surface area contributed by atoms with Crippen LogP contribution in [0.5, 0.6) is 0 Å². The van der Waals surface area contributed by atoms with Crippen LogP contribution in [0.15, 0.2) is 24.3 Å². The Morgan fingerprint density at radius 1 is 1.19 bits per heavy atom. The van der Waals surface area contributed by atoms with Gasteiger partial charge in [0.05, 0.1) is 12.0 Å². The summed E-state index contributed by atoms with van der Waals surface area (Å²) in [7, 11) is 1.74. The highest BCUT2D eigenvalue weighted by Crippen LogP contribution is 2.36. The first-order valence-electron chi connectivity index (χ1n) is 9.42. The number of amides is 1. The van der Waals surface area contributed by atoms with E-state index >= 15 is 0 Å². The zero-order valence-electron chi connectivity index (χ0n) is 15.5. The van der Waals surface area contributed by atoms with Crippen LogP contribution in [0, 0.1) is 5.41 Å². The molecule has 26 heavy (non-hydrogen) atoms. The maximum atomic E-state index is 13.3. The average Bonchev–Trinajstić information content (AvgIpc) is 2.68. The molecule has 0 bridgehead atoms. The molecule has 144 valence electrons. The van der Waals surface area contributed by atoms with Gasteiger partial charge in [-0.25, -0.2) is 0 Å². The van der Waals surface area contributed by atoms with Crippen LogP contribution < -0.4 is 10.6 Å². The Balaban J connectivity index is 1.76. The Kier molecular flexibility index (Phi) is 6.56. The molecule has 3 rings (SSSR count). The van der Waals surface area contributed by atoms with Gasteiger partial charge < -0.3 is 20.1 Å². The van der Waals surface area contributed by atoms with E-state index in [1.807, 2.05) is 24.3 Å². The number of methoxy groups -OCH3 is 1. The topological polar surface area (TPSA) is 59.6 Å². The van der Waals surface area contributed by atoms with E-state index < -0.39 is 5.41 Å². The number of benzene rings is 1. The molecule has 0 aliphatic carbocycles. The van der Waals surface area contributed by atoms with Crippen molar-refractivity contribution in [2.24, 2.45) is 5.41 Å². The highest BCUT2D eigenvalue weighted by molar-refractivity contribution is 6.30. The normalized spacial score (nSPS) is 21.9. The van der Waals surface area contributed by atoms with Crippen LogP contribution in [0.1, 0.15) is 31.2 Å². The Hall–Kier alpha value is -1.14. The van der Waals surface area contributed by atoms with Gasteiger partial charge in [0.15, 0.2) is 0 Å². The first-order chi connectivity index (χ1) is 12.6. The van der Waals surface area contributed by atoms with Crippen molar-refractivity contribution in [1.82, 2.24) is 10.6 Å². The molecule has 0 unspecified atom stereocenters. The second kappa shape index (κ2) is 8.70. The fraction of sp³-hybridized carbons (Fsp3) is 0.650. The molecule has 6 heteroatoms. The van der Waals surface area contributed by atoms with E-state index in [2.05, 4.69) is 10.6 Å². The lowest BCUT2D eigenvalue weighted by Crippen LogP contribution is -2.53. The molecule has 2 N–H and O–H groups in total. The number of halogens is 1. The van der Waals surface area contributed by atoms with Crippen LogP contribution in [-0.4, -0.2) is 52.5 Å². The predicted molar refractivity (Wildman–Crippen MR) is 103 cm³/mol. The summed E-state index contributed by atoms with van der Waals surface area (Å²) in [6, 6.07) is 7.67. The first-order valence-corrected chi connectivity index (χ1v) is 9.80. The van der Waals surface area contributed by atoms with E-state index in [-0.39, 0.29) is 11.3 Å². The number of rotatable bonds is 6. The van der Waals surface area contributed by atoms with Gasteiger partial charge in [0.25, 0.3) is 0 Å². The van der Waals surface area contributed by atoms with Crippen molar-refractivity contribution < 1.29 is 14.3 Å². The van der Waals surface area contributed by atoms with E-state index in [4.69, 9.17) is 21.1 Å². The highest BCUT2D eigenvalue weighted by Gasteiger charge is 2.43. The van der Waals surface area contributed by atoms with Gasteiger partial charge in [-0.2, -0.15) is 0 Å². The molecule has 1 amide bonds. The molecule has 1 aromatic carbocycles. The third-order valence-electron chi connectivity index (χ3n) is 5.92. The molecule has 0 aromatic heterocycles. The van der Waals surface area contributed by atoms with Crippen molar-refractivity contribution >= 4 is 17.5 Å². The molecular weight excluding hydrogens is 352 g/mol. The summed E-state index contributed by atoms with van der Waals surface area (Å²) in [5.74, 6) is 0.0946. The maximum absolute atomic E-state index is 13.3. The fourth-order valence-corrected chi connectivity index (χ4v) is 4.33. The zero-order chi connectivity index (χ0) is 18.5. The monoisotopic (exact) mass is 380 g/mol. The minimum Gasteiger partial charge on any atom is -0.384 e. The van der Waals surface area contributed by atoms with Crippen LogP contribution in [-0.2, 0) is 19.7 Å². The summed E-state index contributed by atoms with van der Waals surface area (Å²) in [4.78, 5) is 13.3. The van der Waals surface area contributed by atoms with Gasteiger partial charge >= 0.3 is 0 Å². The molecule has 1 aromatic rings. The molecule has 5 nitrogen and oxygen atoms in total. The van der Waals surface area contributed by atoms with Crippen LogP contribution in [0.3, 0.4) is 0 Å². The standard InChI is InChI=1S/C20H29ClN2O3/c1-25-15-19(6-10-22-11-7-19)14-23-18(24)20(8-12-26-13-9-20)16-2-4-17(21)5-3-16/h2-5,22H,6-15H2,1H3,(H,23,24). The Morgan fingerprint density at radius 2 is 1.85 bits per heavy atom. The summed E-state index contributed by atoms with van der Waals surface area (Å²) in [6.45, 7) is 4.46. The summed E-state index contributed by atoms with van der Waals surface area (Å²) in [5.41, 5.74) is 0.500. The van der Waals surface area contributed by atoms with Gasteiger partial charge in [0.2, 0.25) is 5.91 Å². The lowest BCUT2D eigenvalue weighted by molar-refractivity contribution is -0.131. The molecule has 2 fully saturated rings. The first kappa shape index (κ1) is 19.6. The minimum absolute atomic E-state index is 0.0159. The molecule has 0 radical (unpaired) electrons. The molecule has 2 aliphatic rings. The van der Waals surface area contributed by atoms with Crippen molar-refractivity contribution in [3.05, 3.63) is 34.9 Å². The van der Waals surface area contributed by atoms with Crippen molar-refractivity contribution in [1.29, 1.82) is 0 Å². The van der Waals surface area contributed by atoms with Gasteiger partial charge in [-0.05, 0) is 56.5 Å². The number of piperidine rings is 1. The number of carbonyl (C=O) groups is 1. The van der Waals surface area contributed by atoms with Gasteiger partial charge in [0, 0.05) is 37.3 Å². The maximum Gasteiger partial charge on any atom is 0.230 e. The average molecular weight is 381 g/mol. The summed E-state index contributed by atoms with van der Waals surface area (Å²) < 4.78 is 11.0. The van der Waals surface area contributed by atoms with Gasteiger partial charge in [-0.15, -0.1) is 0 Å². The molecule has 0 spiro atoms. The number of carbonyl (C=O) groups excluding carboxylic acids is 1. The molecule has 2 heterocycles. The van der Waals surface area contributed by atoms with Crippen LogP contribution in [0.4, 0.5) is 0 Å². The predicted octanol–water partition coefficient (Wildman–Crippen LogP) is 2.52. The zero-order valence-corrected chi connectivity index (χ0v) is 16.2. The number of nitrogens with one attached hydrogen (secondary N) is 2. The van der Waals surface area contributed by atoms with E-state index in [1.54, 1.807) is 7.11 Å². The molecular formula is C20H29ClN2O3. The number of ether oxygens (including phenoxy) is 2. The third kappa shape index (κ3) is 4.22. The lowest BCUT2D eigenvalue weighted by atomic mass is 9.72. The van der Waals surface area contributed by atoms with Crippen molar-refractivity contribution in [2.75, 3.05) is 46.6 Å². The molecule has 0 atom stereocenters. The second-order valence-corrected chi connectivity index (χ2v) is 8.00. The Morgan fingerprint density at radius 3 is 2.46 bits per heavy atom. The van der Waals surface area contributed by atoms with Crippen molar-refractivity contribution in [2.45, 2.75) is 31.1 Å². The highest BCUT2D eigenvalue weighted by atomic mass is 35.5. The number of hydrogen-bond donors (Lipinski definition) is 2. The largest absolute Gasteiger partial charge is 0.384 e. The molecule has 2 saturated heterocycles. The van der Waals surface area contributed by atoms with E-state index in [9.17, 15) is 4.79 Å². The third-order valence-corrected chi connectivity index (χ3v) is 6.17. The van der Waals surface area contributed by atoms with Crippen LogP contribution in [0.25, 0.3) is 0 Å². The Bertz CT molecular complexity index is 588.